The predicted molar refractivity (Wildman–Crippen MR) is 79.8 cm³/mol. The van der Waals surface area contributed by atoms with E-state index in [9.17, 15) is 0 Å². The van der Waals surface area contributed by atoms with E-state index in [0.717, 1.165) is 16.8 Å². The van der Waals surface area contributed by atoms with Crippen molar-refractivity contribution in [2.24, 2.45) is 0 Å². The van der Waals surface area contributed by atoms with Gasteiger partial charge in [-0.2, -0.15) is 0 Å². The maximum Gasteiger partial charge on any atom is 0.162 e. The maximum absolute atomic E-state index is 5.92. The summed E-state index contributed by atoms with van der Waals surface area (Å²) >= 11 is 3.39. The van der Waals surface area contributed by atoms with Crippen LogP contribution in [0.5, 0.6) is 0 Å². The van der Waals surface area contributed by atoms with Crippen LogP contribution in [-0.2, 0) is 11.3 Å². The summed E-state index contributed by atoms with van der Waals surface area (Å²) in [6, 6.07) is 6.06. The van der Waals surface area contributed by atoms with Crippen LogP contribution in [0.4, 0.5) is 5.82 Å². The lowest BCUT2D eigenvalue weighted by Crippen LogP contribution is -2.04. The highest BCUT2D eigenvalue weighted by atomic mass is 79.9. The van der Waals surface area contributed by atoms with Crippen LogP contribution in [-0.4, -0.2) is 17.1 Å². The number of methoxy groups -OCH3 is 1. The number of anilines is 1. The third-order valence-corrected chi connectivity index (χ3v) is 3.94. The van der Waals surface area contributed by atoms with Gasteiger partial charge in [0, 0.05) is 12.7 Å². The molecule has 0 spiro atoms. The molecule has 2 aromatic rings. The Kier molecular flexibility index (Phi) is 4.17. The first-order chi connectivity index (χ1) is 9.04. The van der Waals surface area contributed by atoms with Crippen molar-refractivity contribution in [1.82, 2.24) is 9.97 Å². The Labute approximate surface area is 121 Å². The number of ether oxygens (including phenoxy) is 1. The molecule has 2 N–H and O–H groups in total. The lowest BCUT2D eigenvalue weighted by molar-refractivity contribution is 0.181. The zero-order chi connectivity index (χ0) is 14.0. The largest absolute Gasteiger partial charge is 0.383 e. The van der Waals surface area contributed by atoms with Crippen LogP contribution in [0.2, 0.25) is 0 Å². The van der Waals surface area contributed by atoms with Gasteiger partial charge in [-0.1, -0.05) is 18.2 Å². The number of aryl methyl sites for hydroxylation is 1. The fourth-order valence-electron chi connectivity index (χ4n) is 1.86. The van der Waals surface area contributed by atoms with Gasteiger partial charge in [-0.05, 0) is 40.9 Å². The standard InChI is InChI=1S/C14H16BrN3O/c1-8-5-4-6-10(9(8)2)14-17-11(7-19-3)12(15)13(16)18-14/h4-6H,7H2,1-3H3,(H2,16,17,18). The Morgan fingerprint density at radius 3 is 2.68 bits per heavy atom. The monoisotopic (exact) mass is 321 g/mol. The summed E-state index contributed by atoms with van der Waals surface area (Å²) in [5.41, 5.74) is 10.0. The number of rotatable bonds is 3. The van der Waals surface area contributed by atoms with E-state index in [2.05, 4.69) is 45.8 Å². The second-order valence-corrected chi connectivity index (χ2v) is 5.17. The molecule has 1 heterocycles. The van der Waals surface area contributed by atoms with Gasteiger partial charge in [0.25, 0.3) is 0 Å². The number of halogens is 1. The topological polar surface area (TPSA) is 61.0 Å². The van der Waals surface area contributed by atoms with Gasteiger partial charge in [-0.15, -0.1) is 0 Å². The van der Waals surface area contributed by atoms with Crippen LogP contribution in [0, 0.1) is 13.8 Å². The summed E-state index contributed by atoms with van der Waals surface area (Å²) in [5, 5.41) is 0. The normalized spacial score (nSPS) is 10.7. The van der Waals surface area contributed by atoms with E-state index in [0.29, 0.717) is 22.7 Å². The van der Waals surface area contributed by atoms with Crippen molar-refractivity contribution in [2.75, 3.05) is 12.8 Å². The highest BCUT2D eigenvalue weighted by Crippen LogP contribution is 2.28. The van der Waals surface area contributed by atoms with Crippen molar-refractivity contribution in [2.45, 2.75) is 20.5 Å². The van der Waals surface area contributed by atoms with Crippen LogP contribution in [0.15, 0.2) is 22.7 Å². The molecule has 4 nitrogen and oxygen atoms in total. The van der Waals surface area contributed by atoms with Gasteiger partial charge in [0.2, 0.25) is 0 Å². The minimum atomic E-state index is 0.394. The van der Waals surface area contributed by atoms with Crippen LogP contribution in [0.3, 0.4) is 0 Å². The smallest absolute Gasteiger partial charge is 0.162 e. The quantitative estimate of drug-likeness (QED) is 0.942. The molecule has 0 fully saturated rings. The third-order valence-electron chi connectivity index (χ3n) is 3.07. The van der Waals surface area contributed by atoms with E-state index in [4.69, 9.17) is 10.5 Å². The van der Waals surface area contributed by atoms with Crippen LogP contribution in [0.25, 0.3) is 11.4 Å². The second-order valence-electron chi connectivity index (χ2n) is 4.37. The number of nitrogen functional groups attached to an aromatic ring is 1. The van der Waals surface area contributed by atoms with Crippen molar-refractivity contribution in [3.8, 4) is 11.4 Å². The zero-order valence-corrected chi connectivity index (χ0v) is 12.8. The van der Waals surface area contributed by atoms with Gasteiger partial charge < -0.3 is 10.5 Å². The van der Waals surface area contributed by atoms with Gasteiger partial charge in [-0.3, -0.25) is 0 Å². The summed E-state index contributed by atoms with van der Waals surface area (Å²) < 4.78 is 5.83. The molecule has 100 valence electrons. The van der Waals surface area contributed by atoms with Crippen molar-refractivity contribution < 1.29 is 4.74 Å². The lowest BCUT2D eigenvalue weighted by Gasteiger charge is -2.11. The number of nitrogens with two attached hydrogens (primary N) is 1. The van der Waals surface area contributed by atoms with E-state index in [1.54, 1.807) is 7.11 Å². The average Bonchev–Trinajstić information content (AvgIpc) is 2.38. The van der Waals surface area contributed by atoms with Gasteiger partial charge in [0.15, 0.2) is 5.82 Å². The SMILES string of the molecule is COCc1nc(-c2cccc(C)c2C)nc(N)c1Br. The molecule has 0 amide bonds. The van der Waals surface area contributed by atoms with Crippen molar-refractivity contribution >= 4 is 21.7 Å². The molecular weight excluding hydrogens is 306 g/mol. The molecule has 19 heavy (non-hydrogen) atoms. The molecule has 0 saturated heterocycles. The number of hydrogen-bond acceptors (Lipinski definition) is 4. The molecular formula is C14H16BrN3O. The second kappa shape index (κ2) is 5.67. The van der Waals surface area contributed by atoms with Gasteiger partial charge in [-0.25, -0.2) is 9.97 Å². The van der Waals surface area contributed by atoms with Crippen LogP contribution in [0.1, 0.15) is 16.8 Å². The predicted octanol–water partition coefficient (Wildman–Crippen LogP) is 3.25. The highest BCUT2D eigenvalue weighted by molar-refractivity contribution is 9.10. The Morgan fingerprint density at radius 2 is 2.00 bits per heavy atom. The maximum atomic E-state index is 5.92. The van der Waals surface area contributed by atoms with E-state index >= 15 is 0 Å². The van der Waals surface area contributed by atoms with E-state index in [1.807, 2.05) is 12.1 Å². The number of hydrogen-bond donors (Lipinski definition) is 1. The summed E-state index contributed by atoms with van der Waals surface area (Å²) in [6.45, 7) is 4.52. The summed E-state index contributed by atoms with van der Waals surface area (Å²) in [5.74, 6) is 1.06. The molecule has 0 aliphatic rings. The van der Waals surface area contributed by atoms with E-state index in [-0.39, 0.29) is 0 Å². The molecule has 0 aliphatic carbocycles. The molecule has 0 aliphatic heterocycles. The Bertz CT molecular complexity index is 614. The lowest BCUT2D eigenvalue weighted by atomic mass is 10.0. The molecule has 5 heteroatoms. The molecule has 1 aromatic carbocycles. The minimum Gasteiger partial charge on any atom is -0.383 e. The van der Waals surface area contributed by atoms with E-state index < -0.39 is 0 Å². The highest BCUT2D eigenvalue weighted by Gasteiger charge is 2.13. The Balaban J connectivity index is 2.59. The minimum absolute atomic E-state index is 0.394. The first-order valence-electron chi connectivity index (χ1n) is 5.92. The first kappa shape index (κ1) is 14.0. The van der Waals surface area contributed by atoms with Gasteiger partial charge in [0.05, 0.1) is 16.8 Å². The molecule has 0 atom stereocenters. The molecule has 0 saturated carbocycles. The molecule has 2 rings (SSSR count). The summed E-state index contributed by atoms with van der Waals surface area (Å²) in [4.78, 5) is 8.88. The number of nitrogens with zero attached hydrogens (tertiary/aromatic N) is 2. The van der Waals surface area contributed by atoms with Crippen LogP contribution < -0.4 is 5.73 Å². The molecule has 1 aromatic heterocycles. The Hall–Kier alpha value is -1.46. The van der Waals surface area contributed by atoms with Crippen LogP contribution >= 0.6 is 15.9 Å². The van der Waals surface area contributed by atoms with E-state index in [1.165, 1.54) is 5.56 Å². The molecule has 0 radical (unpaired) electrons. The van der Waals surface area contributed by atoms with Crippen molar-refractivity contribution in [3.63, 3.8) is 0 Å². The molecule has 0 bridgehead atoms. The Morgan fingerprint density at radius 1 is 1.26 bits per heavy atom. The zero-order valence-electron chi connectivity index (χ0n) is 11.2. The number of aromatic nitrogens is 2. The third kappa shape index (κ3) is 2.77. The van der Waals surface area contributed by atoms with Crippen molar-refractivity contribution in [1.29, 1.82) is 0 Å². The number of benzene rings is 1. The first-order valence-corrected chi connectivity index (χ1v) is 6.71. The molecule has 0 unspecified atom stereocenters. The summed E-state index contributed by atoms with van der Waals surface area (Å²) in [7, 11) is 1.63. The fourth-order valence-corrected chi connectivity index (χ4v) is 2.15. The summed E-state index contributed by atoms with van der Waals surface area (Å²) in [6.07, 6.45) is 0. The van der Waals surface area contributed by atoms with Gasteiger partial charge in [0.1, 0.15) is 5.82 Å². The average molecular weight is 322 g/mol. The fraction of sp³-hybridized carbons (Fsp3) is 0.286. The van der Waals surface area contributed by atoms with Crippen molar-refractivity contribution in [3.05, 3.63) is 39.5 Å². The van der Waals surface area contributed by atoms with Gasteiger partial charge >= 0.3 is 0 Å².